The highest BCUT2D eigenvalue weighted by Crippen LogP contribution is 2.20. The highest BCUT2D eigenvalue weighted by molar-refractivity contribution is 5.83. The van der Waals surface area contributed by atoms with Crippen LogP contribution >= 0.6 is 0 Å². The van der Waals surface area contributed by atoms with Gasteiger partial charge in [-0.2, -0.15) is 0 Å². The summed E-state index contributed by atoms with van der Waals surface area (Å²) in [6.07, 6.45) is 3.70. The molecule has 4 nitrogen and oxygen atoms in total. The van der Waals surface area contributed by atoms with Gasteiger partial charge in [-0.25, -0.2) is 0 Å². The zero-order chi connectivity index (χ0) is 25.8. The summed E-state index contributed by atoms with van der Waals surface area (Å²) in [5, 5.41) is 0. The Morgan fingerprint density at radius 1 is 0.421 bits per heavy atom. The normalized spacial score (nSPS) is 11.2. The molecule has 38 heavy (non-hydrogen) atoms. The molecule has 0 N–H and O–H groups in total. The third-order valence-electron chi connectivity index (χ3n) is 5.83. The van der Waals surface area contributed by atoms with Crippen LogP contribution in [0.15, 0.2) is 143 Å². The minimum absolute atomic E-state index is 0.553. The van der Waals surface area contributed by atoms with Crippen molar-refractivity contribution < 1.29 is 9.47 Å². The summed E-state index contributed by atoms with van der Waals surface area (Å²) in [5.74, 6) is 1.67. The molecule has 5 aromatic carbocycles. The van der Waals surface area contributed by atoms with Gasteiger partial charge in [0.25, 0.3) is 0 Å². The van der Waals surface area contributed by atoms with Gasteiger partial charge in [-0.05, 0) is 95.1 Å². The van der Waals surface area contributed by atoms with Crippen molar-refractivity contribution in [3.63, 3.8) is 0 Å². The first kappa shape index (κ1) is 24.7. The van der Waals surface area contributed by atoms with E-state index in [0.29, 0.717) is 13.2 Å². The summed E-state index contributed by atoms with van der Waals surface area (Å²) in [7, 11) is 0. The molecule has 0 aromatic heterocycles. The monoisotopic (exact) mass is 496 g/mol. The van der Waals surface area contributed by atoms with Gasteiger partial charge in [-0.3, -0.25) is 9.98 Å². The summed E-state index contributed by atoms with van der Waals surface area (Å²) >= 11 is 0. The quantitative estimate of drug-likeness (QED) is 0.182. The number of aliphatic imine (C=N–C) groups is 2. The van der Waals surface area contributed by atoms with Crippen LogP contribution in [0.1, 0.15) is 22.3 Å². The van der Waals surface area contributed by atoms with E-state index in [2.05, 4.69) is 34.3 Å². The van der Waals surface area contributed by atoms with Crippen molar-refractivity contribution >= 4 is 23.8 Å². The Bertz CT molecular complexity index is 1340. The predicted octanol–water partition coefficient (Wildman–Crippen LogP) is 8.35. The molecule has 0 atom stereocenters. The van der Waals surface area contributed by atoms with Crippen LogP contribution < -0.4 is 9.47 Å². The van der Waals surface area contributed by atoms with E-state index in [1.54, 1.807) is 0 Å². The lowest BCUT2D eigenvalue weighted by atomic mass is 10.2. The fourth-order valence-corrected chi connectivity index (χ4v) is 3.70. The van der Waals surface area contributed by atoms with Gasteiger partial charge in [-0.15, -0.1) is 0 Å². The SMILES string of the molecule is C(=Nc1ccc(N=Cc2ccc(OCc3ccccc3)cc2)cc1)c1ccc(OCc2ccccc2)cc1. The first-order chi connectivity index (χ1) is 18.8. The third kappa shape index (κ3) is 7.52. The molecule has 0 saturated carbocycles. The molecule has 0 aliphatic carbocycles. The molecule has 0 bridgehead atoms. The van der Waals surface area contributed by atoms with E-state index in [9.17, 15) is 0 Å². The van der Waals surface area contributed by atoms with Gasteiger partial charge in [0.1, 0.15) is 24.7 Å². The highest BCUT2D eigenvalue weighted by Gasteiger charge is 1.98. The van der Waals surface area contributed by atoms with Crippen molar-refractivity contribution in [2.45, 2.75) is 13.2 Å². The average molecular weight is 497 g/mol. The molecule has 0 heterocycles. The number of nitrogens with zero attached hydrogens (tertiary/aromatic N) is 2. The number of ether oxygens (including phenoxy) is 2. The molecule has 5 aromatic rings. The maximum atomic E-state index is 5.85. The summed E-state index contributed by atoms with van der Waals surface area (Å²) in [6, 6.07) is 44.0. The summed E-state index contributed by atoms with van der Waals surface area (Å²) in [6.45, 7) is 1.11. The molecule has 4 heteroatoms. The van der Waals surface area contributed by atoms with Crippen molar-refractivity contribution in [1.82, 2.24) is 0 Å². The second kappa shape index (κ2) is 12.8. The van der Waals surface area contributed by atoms with Gasteiger partial charge in [0, 0.05) is 12.4 Å². The molecule has 0 radical (unpaired) electrons. The maximum absolute atomic E-state index is 5.85. The van der Waals surface area contributed by atoms with Gasteiger partial charge in [-0.1, -0.05) is 60.7 Å². The summed E-state index contributed by atoms with van der Waals surface area (Å²) in [5.41, 5.74) is 6.05. The molecular weight excluding hydrogens is 468 g/mol. The highest BCUT2D eigenvalue weighted by atomic mass is 16.5. The zero-order valence-electron chi connectivity index (χ0n) is 21.0. The molecule has 0 fully saturated rings. The van der Waals surface area contributed by atoms with E-state index in [-0.39, 0.29) is 0 Å². The van der Waals surface area contributed by atoms with Gasteiger partial charge < -0.3 is 9.47 Å². The number of rotatable bonds is 10. The van der Waals surface area contributed by atoms with Crippen molar-refractivity contribution in [2.75, 3.05) is 0 Å². The van der Waals surface area contributed by atoms with E-state index in [4.69, 9.17) is 9.47 Å². The number of hydrogen-bond acceptors (Lipinski definition) is 4. The molecule has 0 unspecified atom stereocenters. The largest absolute Gasteiger partial charge is 0.489 e. The second-order valence-corrected chi connectivity index (χ2v) is 8.72. The lowest BCUT2D eigenvalue weighted by Gasteiger charge is -2.06. The Kier molecular flexibility index (Phi) is 8.35. The summed E-state index contributed by atoms with van der Waals surface area (Å²) in [4.78, 5) is 9.15. The van der Waals surface area contributed by atoms with Crippen LogP contribution in [0.2, 0.25) is 0 Å². The molecule has 5 rings (SSSR count). The van der Waals surface area contributed by atoms with Crippen LogP contribution in [0.3, 0.4) is 0 Å². The standard InChI is InChI=1S/C34H28N2O2/c1-3-7-29(8-4-1)25-37-33-19-11-27(12-20-33)23-35-31-15-17-32(18-16-31)36-24-28-13-21-34(22-14-28)38-26-30-9-5-2-6-10-30/h1-24H,25-26H2. The molecule has 0 aliphatic heterocycles. The van der Waals surface area contributed by atoms with E-state index in [1.807, 2.05) is 122 Å². The van der Waals surface area contributed by atoms with Crippen LogP contribution in [-0.4, -0.2) is 12.4 Å². The van der Waals surface area contributed by atoms with Crippen molar-refractivity contribution in [3.8, 4) is 11.5 Å². The van der Waals surface area contributed by atoms with Crippen LogP contribution in [0.4, 0.5) is 11.4 Å². The van der Waals surface area contributed by atoms with Crippen LogP contribution in [0.25, 0.3) is 0 Å². The minimum Gasteiger partial charge on any atom is -0.489 e. The van der Waals surface area contributed by atoms with Gasteiger partial charge >= 0.3 is 0 Å². The van der Waals surface area contributed by atoms with E-state index in [1.165, 1.54) is 0 Å². The smallest absolute Gasteiger partial charge is 0.119 e. The third-order valence-corrected chi connectivity index (χ3v) is 5.83. The lowest BCUT2D eigenvalue weighted by Crippen LogP contribution is -1.95. The maximum Gasteiger partial charge on any atom is 0.119 e. The van der Waals surface area contributed by atoms with E-state index >= 15 is 0 Å². The van der Waals surface area contributed by atoms with Crippen LogP contribution in [0.5, 0.6) is 11.5 Å². The van der Waals surface area contributed by atoms with Crippen molar-refractivity contribution in [3.05, 3.63) is 156 Å². The Morgan fingerprint density at radius 2 is 0.789 bits per heavy atom. The molecule has 0 amide bonds. The van der Waals surface area contributed by atoms with E-state index in [0.717, 1.165) is 45.1 Å². The Balaban J connectivity index is 1.10. The average Bonchev–Trinajstić information content (AvgIpc) is 2.99. The van der Waals surface area contributed by atoms with Crippen molar-refractivity contribution in [1.29, 1.82) is 0 Å². The zero-order valence-corrected chi connectivity index (χ0v) is 21.0. The molecule has 0 saturated heterocycles. The van der Waals surface area contributed by atoms with Crippen molar-refractivity contribution in [2.24, 2.45) is 9.98 Å². The Hall–Kier alpha value is -4.96. The fraction of sp³-hybridized carbons (Fsp3) is 0.0588. The van der Waals surface area contributed by atoms with E-state index < -0.39 is 0 Å². The topological polar surface area (TPSA) is 43.2 Å². The molecular formula is C34H28N2O2. The lowest BCUT2D eigenvalue weighted by molar-refractivity contribution is 0.306. The fourth-order valence-electron chi connectivity index (χ4n) is 3.70. The van der Waals surface area contributed by atoms with Crippen LogP contribution in [0, 0.1) is 0 Å². The second-order valence-electron chi connectivity index (χ2n) is 8.72. The Morgan fingerprint density at radius 3 is 1.16 bits per heavy atom. The Labute approximate surface area is 223 Å². The molecule has 0 aliphatic rings. The van der Waals surface area contributed by atoms with Gasteiger partial charge in [0.2, 0.25) is 0 Å². The number of hydrogen-bond donors (Lipinski definition) is 0. The predicted molar refractivity (Wildman–Crippen MR) is 155 cm³/mol. The molecule has 0 spiro atoms. The number of benzene rings is 5. The summed E-state index contributed by atoms with van der Waals surface area (Å²) < 4.78 is 11.7. The van der Waals surface area contributed by atoms with Gasteiger partial charge in [0.05, 0.1) is 11.4 Å². The molecule has 186 valence electrons. The first-order valence-electron chi connectivity index (χ1n) is 12.5. The van der Waals surface area contributed by atoms with Crippen LogP contribution in [-0.2, 0) is 13.2 Å². The minimum atomic E-state index is 0.553. The first-order valence-corrected chi connectivity index (χ1v) is 12.5. The van der Waals surface area contributed by atoms with Gasteiger partial charge in [0.15, 0.2) is 0 Å².